The Labute approximate surface area is 208 Å². The van der Waals surface area contributed by atoms with Gasteiger partial charge in [0.2, 0.25) is 0 Å². The molecule has 0 N–H and O–H groups in total. The van der Waals surface area contributed by atoms with Gasteiger partial charge in [-0.05, 0) is 87.8 Å². The molecule has 1 fully saturated rings. The number of nitrogens with zero attached hydrogens (tertiary/aromatic N) is 1. The summed E-state index contributed by atoms with van der Waals surface area (Å²) in [5.74, 6) is 0.379. The van der Waals surface area contributed by atoms with E-state index in [1.54, 1.807) is 0 Å². The van der Waals surface area contributed by atoms with Crippen LogP contribution in [0.3, 0.4) is 0 Å². The largest absolute Gasteiger partial charge is 0.494 e. The van der Waals surface area contributed by atoms with Gasteiger partial charge in [-0.1, -0.05) is 62.7 Å². The van der Waals surface area contributed by atoms with Crippen molar-refractivity contribution in [2.24, 2.45) is 0 Å². The summed E-state index contributed by atoms with van der Waals surface area (Å²) in [5, 5.41) is 0. The van der Waals surface area contributed by atoms with Crippen molar-refractivity contribution in [2.75, 3.05) is 13.6 Å². The molecule has 0 saturated carbocycles. The van der Waals surface area contributed by atoms with Crippen molar-refractivity contribution in [3.05, 3.63) is 76.9 Å². The van der Waals surface area contributed by atoms with Crippen molar-refractivity contribution >= 4 is 12.6 Å². The number of rotatable bonds is 5. The Bertz CT molecular complexity index is 981. The Hall–Kier alpha value is -1.88. The third-order valence-electron chi connectivity index (χ3n) is 7.40. The predicted molar refractivity (Wildman–Crippen MR) is 146 cm³/mol. The van der Waals surface area contributed by atoms with Crippen molar-refractivity contribution in [3.63, 3.8) is 0 Å². The van der Waals surface area contributed by atoms with E-state index in [1.807, 2.05) is 6.08 Å². The molecule has 2 aliphatic heterocycles. The van der Waals surface area contributed by atoms with E-state index in [-0.39, 0.29) is 18.3 Å². The Balaban J connectivity index is 0.00000103. The van der Waals surface area contributed by atoms with Gasteiger partial charge in [-0.2, -0.15) is 0 Å². The van der Waals surface area contributed by atoms with Crippen LogP contribution in [-0.4, -0.2) is 36.8 Å². The molecule has 0 aliphatic carbocycles. The first-order valence-electron chi connectivity index (χ1n) is 12.9. The summed E-state index contributed by atoms with van der Waals surface area (Å²) < 4.78 is 12.6. The third kappa shape index (κ3) is 5.67. The molecule has 34 heavy (non-hydrogen) atoms. The molecule has 1 saturated heterocycles. The molecule has 0 aromatic heterocycles. The van der Waals surface area contributed by atoms with Crippen LogP contribution in [0.1, 0.15) is 88.1 Å². The molecule has 0 bridgehead atoms. The first-order valence-corrected chi connectivity index (χ1v) is 12.9. The Morgan fingerprint density at radius 3 is 2.32 bits per heavy atom. The fraction of sp³-hybridized carbons (Fsp3) is 0.533. The van der Waals surface area contributed by atoms with Crippen LogP contribution in [0.5, 0.6) is 0 Å². The average molecular weight is 461 g/mol. The van der Waals surface area contributed by atoms with Crippen LogP contribution in [0.15, 0.2) is 49.1 Å². The van der Waals surface area contributed by atoms with E-state index >= 15 is 0 Å². The molecule has 0 amide bonds. The molecular weight excluding hydrogens is 417 g/mol. The monoisotopic (exact) mass is 461 g/mol. The second-order valence-electron chi connectivity index (χ2n) is 11.0. The minimum absolute atomic E-state index is 0.314. The van der Waals surface area contributed by atoms with Crippen LogP contribution < -0.4 is 5.46 Å². The van der Waals surface area contributed by atoms with Gasteiger partial charge in [0.25, 0.3) is 0 Å². The summed E-state index contributed by atoms with van der Waals surface area (Å²) in [7, 11) is 1.90. The molecule has 4 heteroatoms. The number of hydrogen-bond donors (Lipinski definition) is 0. The first kappa shape index (κ1) is 26.7. The highest BCUT2D eigenvalue weighted by Crippen LogP contribution is 2.38. The van der Waals surface area contributed by atoms with Crippen molar-refractivity contribution in [1.82, 2.24) is 4.90 Å². The SMILES string of the molecule is C=CCCc1cc(C2CN(C)Cc3cc(B4OC(C)(C)C(C)(C)O4)ccc32)ccc1C.CCC. The molecule has 2 aromatic rings. The second kappa shape index (κ2) is 10.8. The summed E-state index contributed by atoms with van der Waals surface area (Å²) >= 11 is 0. The van der Waals surface area contributed by atoms with Gasteiger partial charge < -0.3 is 14.2 Å². The van der Waals surface area contributed by atoms with E-state index in [2.05, 4.69) is 103 Å². The molecule has 1 unspecified atom stereocenters. The van der Waals surface area contributed by atoms with Crippen LogP contribution >= 0.6 is 0 Å². The zero-order valence-electron chi connectivity index (χ0n) is 22.7. The van der Waals surface area contributed by atoms with Crippen LogP contribution in [-0.2, 0) is 22.3 Å². The number of likely N-dealkylation sites (N-methyl/N-ethyl adjacent to an activating group) is 1. The maximum absolute atomic E-state index is 6.30. The molecule has 184 valence electrons. The van der Waals surface area contributed by atoms with Crippen LogP contribution in [0.2, 0.25) is 0 Å². The number of aryl methyl sites for hydroxylation is 2. The maximum atomic E-state index is 6.30. The Morgan fingerprint density at radius 2 is 1.71 bits per heavy atom. The molecule has 2 aliphatic rings. The van der Waals surface area contributed by atoms with Crippen LogP contribution in [0, 0.1) is 6.92 Å². The Kier molecular flexibility index (Phi) is 8.49. The lowest BCUT2D eigenvalue weighted by molar-refractivity contribution is 0.00578. The zero-order valence-corrected chi connectivity index (χ0v) is 22.7. The van der Waals surface area contributed by atoms with Gasteiger partial charge in [0, 0.05) is 19.0 Å². The molecule has 1 atom stereocenters. The fourth-order valence-corrected chi connectivity index (χ4v) is 4.71. The van der Waals surface area contributed by atoms with Crippen LogP contribution in [0.4, 0.5) is 0 Å². The smallest absolute Gasteiger partial charge is 0.399 e. The van der Waals surface area contributed by atoms with E-state index in [1.165, 1.54) is 34.2 Å². The predicted octanol–water partition coefficient (Wildman–Crippen LogP) is 6.41. The maximum Gasteiger partial charge on any atom is 0.494 e. The van der Waals surface area contributed by atoms with Crippen molar-refractivity contribution in [1.29, 1.82) is 0 Å². The summed E-state index contributed by atoms with van der Waals surface area (Å²) in [5.41, 5.74) is 7.47. The molecule has 0 spiro atoms. The topological polar surface area (TPSA) is 21.7 Å². The van der Waals surface area contributed by atoms with Gasteiger partial charge in [-0.25, -0.2) is 0 Å². The third-order valence-corrected chi connectivity index (χ3v) is 7.40. The summed E-state index contributed by atoms with van der Waals surface area (Å²) in [6, 6.07) is 13.8. The van der Waals surface area contributed by atoms with Crippen LogP contribution in [0.25, 0.3) is 0 Å². The molecule has 4 rings (SSSR count). The highest BCUT2D eigenvalue weighted by molar-refractivity contribution is 6.62. The van der Waals surface area contributed by atoms with Crippen molar-refractivity contribution in [3.8, 4) is 0 Å². The molecule has 2 aromatic carbocycles. The minimum atomic E-state index is -0.323. The van der Waals surface area contributed by atoms with Crippen molar-refractivity contribution < 1.29 is 9.31 Å². The van der Waals surface area contributed by atoms with Gasteiger partial charge in [-0.15, -0.1) is 6.58 Å². The van der Waals surface area contributed by atoms with Gasteiger partial charge >= 0.3 is 7.12 Å². The molecule has 2 heterocycles. The number of hydrogen-bond acceptors (Lipinski definition) is 3. The van der Waals surface area contributed by atoms with E-state index in [9.17, 15) is 0 Å². The minimum Gasteiger partial charge on any atom is -0.399 e. The normalized spacial score (nSPS) is 20.9. The van der Waals surface area contributed by atoms with E-state index in [0.29, 0.717) is 5.92 Å². The average Bonchev–Trinajstić information content (AvgIpc) is 2.99. The standard InChI is InChI=1S/C27H36BNO2.C3H8/c1-8-9-10-20-15-21(12-11-19(20)2)25-18-29(7)17-22-16-23(13-14-24(22)25)28-30-26(3,4)27(5,6)31-28;1-3-2/h8,11-16,25H,1,9-10,17-18H2,2-7H3;3H2,1-2H3. The number of allylic oxidation sites excluding steroid dienone is 1. The first-order chi connectivity index (χ1) is 16.0. The molecule has 3 nitrogen and oxygen atoms in total. The fourth-order valence-electron chi connectivity index (χ4n) is 4.71. The summed E-state index contributed by atoms with van der Waals surface area (Å²) in [6.45, 7) is 20.8. The van der Waals surface area contributed by atoms with Crippen molar-refractivity contribution in [2.45, 2.75) is 91.4 Å². The van der Waals surface area contributed by atoms with Gasteiger partial charge in [-0.3, -0.25) is 0 Å². The summed E-state index contributed by atoms with van der Waals surface area (Å²) in [4.78, 5) is 2.42. The number of fused-ring (bicyclic) bond motifs is 1. The highest BCUT2D eigenvalue weighted by atomic mass is 16.7. The lowest BCUT2D eigenvalue weighted by Gasteiger charge is -2.33. The Morgan fingerprint density at radius 1 is 1.06 bits per heavy atom. The van der Waals surface area contributed by atoms with Gasteiger partial charge in [0.15, 0.2) is 0 Å². The quantitative estimate of drug-likeness (QED) is 0.380. The van der Waals surface area contributed by atoms with Gasteiger partial charge in [0.05, 0.1) is 11.2 Å². The lowest BCUT2D eigenvalue weighted by Crippen LogP contribution is -2.41. The van der Waals surface area contributed by atoms with Gasteiger partial charge in [0.1, 0.15) is 0 Å². The van der Waals surface area contributed by atoms with E-state index < -0.39 is 0 Å². The zero-order chi connectivity index (χ0) is 25.1. The lowest BCUT2D eigenvalue weighted by atomic mass is 9.75. The highest BCUT2D eigenvalue weighted by Gasteiger charge is 2.51. The number of benzene rings is 2. The molecule has 0 radical (unpaired) electrons. The van der Waals surface area contributed by atoms with E-state index in [4.69, 9.17) is 9.31 Å². The molecular formula is C30H44BNO2. The van der Waals surface area contributed by atoms with E-state index in [0.717, 1.165) is 31.4 Å². The second-order valence-corrected chi connectivity index (χ2v) is 11.0. The summed E-state index contributed by atoms with van der Waals surface area (Å²) in [6.07, 6.45) is 5.33.